The fourth-order valence-electron chi connectivity index (χ4n) is 1.70. The molecule has 2 N–H and O–H groups in total. The molecule has 2 aromatic rings. The summed E-state index contributed by atoms with van der Waals surface area (Å²) in [6.07, 6.45) is 0. The molecule has 0 amide bonds. The molecule has 6 heteroatoms. The summed E-state index contributed by atoms with van der Waals surface area (Å²) in [5.41, 5.74) is 6.86. The predicted octanol–water partition coefficient (Wildman–Crippen LogP) is 5.60. The van der Waals surface area contributed by atoms with Crippen molar-refractivity contribution in [1.82, 2.24) is 0 Å². The number of benzene rings is 2. The minimum atomic E-state index is -0.739. The molecule has 0 aliphatic rings. The van der Waals surface area contributed by atoms with Gasteiger partial charge in [-0.25, -0.2) is 4.39 Å². The van der Waals surface area contributed by atoms with Crippen molar-refractivity contribution >= 4 is 50.7 Å². The van der Waals surface area contributed by atoms with Crippen molar-refractivity contribution in [3.05, 3.63) is 66.8 Å². The predicted molar refractivity (Wildman–Crippen MR) is 81.6 cm³/mol. The van der Waals surface area contributed by atoms with Gasteiger partial charge in [0, 0.05) is 20.1 Å². The van der Waals surface area contributed by atoms with Gasteiger partial charge in [0.25, 0.3) is 0 Å². The fraction of sp³-hybridized carbons (Fsp3) is 0.0769. The molecule has 0 aromatic heterocycles. The smallest absolute Gasteiger partial charge is 0.148 e. The first kappa shape index (κ1) is 15.1. The molecule has 0 radical (unpaired) electrons. The Bertz CT molecular complexity index is 634. The Morgan fingerprint density at radius 3 is 2.42 bits per heavy atom. The van der Waals surface area contributed by atoms with E-state index in [1.807, 2.05) is 0 Å². The first-order valence-electron chi connectivity index (χ1n) is 5.25. The number of halogens is 5. The summed E-state index contributed by atoms with van der Waals surface area (Å²) >= 11 is 21.0. The SMILES string of the molecule is NC(c1cc(Cl)ccc1Cl)c1ccc(Br)c(Cl)c1F. The van der Waals surface area contributed by atoms with E-state index in [1.165, 1.54) is 0 Å². The molecule has 2 rings (SSSR count). The summed E-state index contributed by atoms with van der Waals surface area (Å²) in [4.78, 5) is 0. The molecule has 19 heavy (non-hydrogen) atoms. The Balaban J connectivity index is 2.53. The number of hydrogen-bond donors (Lipinski definition) is 1. The average Bonchev–Trinajstić information content (AvgIpc) is 2.38. The van der Waals surface area contributed by atoms with E-state index >= 15 is 0 Å². The Kier molecular flexibility index (Phi) is 4.75. The van der Waals surface area contributed by atoms with Crippen molar-refractivity contribution in [3.63, 3.8) is 0 Å². The second kappa shape index (κ2) is 5.98. The highest BCUT2D eigenvalue weighted by molar-refractivity contribution is 9.10. The van der Waals surface area contributed by atoms with Crippen LogP contribution in [0.15, 0.2) is 34.8 Å². The van der Waals surface area contributed by atoms with Gasteiger partial charge in [-0.1, -0.05) is 40.9 Å². The molecule has 0 saturated heterocycles. The van der Waals surface area contributed by atoms with Crippen LogP contribution in [-0.4, -0.2) is 0 Å². The third-order valence-electron chi connectivity index (χ3n) is 2.69. The monoisotopic (exact) mass is 381 g/mol. The standard InChI is InChI=1S/C13H8BrCl3FN/c14-9-3-2-7(12(18)11(9)17)13(19)8-5-6(15)1-4-10(8)16/h1-5,13H,19H2. The normalized spacial score (nSPS) is 12.5. The third-order valence-corrected chi connectivity index (χ3v) is 4.53. The van der Waals surface area contributed by atoms with Crippen LogP contribution < -0.4 is 5.73 Å². The van der Waals surface area contributed by atoms with Gasteiger partial charge in [0.1, 0.15) is 5.82 Å². The van der Waals surface area contributed by atoms with E-state index in [0.29, 0.717) is 20.1 Å². The van der Waals surface area contributed by atoms with Crippen LogP contribution in [0.1, 0.15) is 17.2 Å². The first-order valence-corrected chi connectivity index (χ1v) is 7.18. The average molecular weight is 383 g/mol. The Labute approximate surface area is 133 Å². The maximum Gasteiger partial charge on any atom is 0.148 e. The van der Waals surface area contributed by atoms with Crippen molar-refractivity contribution in [2.75, 3.05) is 0 Å². The molecule has 0 fully saturated rings. The van der Waals surface area contributed by atoms with Gasteiger partial charge in [-0.2, -0.15) is 0 Å². The zero-order valence-electron chi connectivity index (χ0n) is 9.43. The van der Waals surface area contributed by atoms with E-state index < -0.39 is 11.9 Å². The van der Waals surface area contributed by atoms with Gasteiger partial charge in [-0.15, -0.1) is 0 Å². The summed E-state index contributed by atoms with van der Waals surface area (Å²) < 4.78 is 14.6. The van der Waals surface area contributed by atoms with Crippen molar-refractivity contribution in [3.8, 4) is 0 Å². The zero-order chi connectivity index (χ0) is 14.2. The van der Waals surface area contributed by atoms with Crippen molar-refractivity contribution < 1.29 is 4.39 Å². The first-order chi connectivity index (χ1) is 8.91. The highest BCUT2D eigenvalue weighted by atomic mass is 79.9. The molecule has 0 spiro atoms. The van der Waals surface area contributed by atoms with Crippen LogP contribution in [0.4, 0.5) is 4.39 Å². The number of nitrogens with two attached hydrogens (primary N) is 1. The van der Waals surface area contributed by atoms with E-state index in [9.17, 15) is 4.39 Å². The Morgan fingerprint density at radius 1 is 1.05 bits per heavy atom. The third kappa shape index (κ3) is 3.06. The van der Waals surface area contributed by atoms with Crippen LogP contribution in [0.3, 0.4) is 0 Å². The molecule has 0 aliphatic heterocycles. The lowest BCUT2D eigenvalue weighted by molar-refractivity contribution is 0.599. The molecule has 0 bridgehead atoms. The van der Waals surface area contributed by atoms with Crippen LogP contribution >= 0.6 is 50.7 Å². The van der Waals surface area contributed by atoms with E-state index in [2.05, 4.69) is 15.9 Å². The van der Waals surface area contributed by atoms with Gasteiger partial charge in [0.2, 0.25) is 0 Å². The lowest BCUT2D eigenvalue weighted by atomic mass is 9.99. The number of hydrogen-bond acceptors (Lipinski definition) is 1. The molecule has 1 atom stereocenters. The number of rotatable bonds is 2. The van der Waals surface area contributed by atoms with Gasteiger partial charge >= 0.3 is 0 Å². The van der Waals surface area contributed by atoms with Crippen molar-refractivity contribution in [2.24, 2.45) is 5.73 Å². The molecule has 0 saturated carbocycles. The van der Waals surface area contributed by atoms with Gasteiger partial charge in [0.15, 0.2) is 0 Å². The topological polar surface area (TPSA) is 26.0 Å². The van der Waals surface area contributed by atoms with Gasteiger partial charge < -0.3 is 5.73 Å². The second-order valence-corrected chi connectivity index (χ2v) is 5.98. The maximum absolute atomic E-state index is 14.1. The molecule has 100 valence electrons. The Morgan fingerprint density at radius 2 is 1.74 bits per heavy atom. The summed E-state index contributed by atoms with van der Waals surface area (Å²) in [7, 11) is 0. The largest absolute Gasteiger partial charge is 0.320 e. The van der Waals surface area contributed by atoms with Crippen LogP contribution in [-0.2, 0) is 0 Å². The molecule has 2 aromatic carbocycles. The molecule has 0 aliphatic carbocycles. The van der Waals surface area contributed by atoms with Gasteiger partial charge in [-0.3, -0.25) is 0 Å². The van der Waals surface area contributed by atoms with E-state index in [1.54, 1.807) is 30.3 Å². The van der Waals surface area contributed by atoms with Gasteiger partial charge in [0.05, 0.1) is 11.1 Å². The summed E-state index contributed by atoms with van der Waals surface area (Å²) in [5.74, 6) is -0.570. The summed E-state index contributed by atoms with van der Waals surface area (Å²) in [6.45, 7) is 0. The Hall–Kier alpha value is -0.320. The minimum absolute atomic E-state index is 0.00824. The van der Waals surface area contributed by atoms with Gasteiger partial charge in [-0.05, 0) is 45.8 Å². The zero-order valence-corrected chi connectivity index (χ0v) is 13.3. The van der Waals surface area contributed by atoms with Crippen molar-refractivity contribution in [2.45, 2.75) is 6.04 Å². The summed E-state index contributed by atoms with van der Waals surface area (Å²) in [5, 5.41) is 0.903. The van der Waals surface area contributed by atoms with E-state index in [-0.39, 0.29) is 10.6 Å². The van der Waals surface area contributed by atoms with E-state index in [4.69, 9.17) is 40.5 Å². The van der Waals surface area contributed by atoms with Crippen LogP contribution in [0.5, 0.6) is 0 Å². The molecule has 1 unspecified atom stereocenters. The fourth-order valence-corrected chi connectivity index (χ4v) is 2.60. The molecule has 1 nitrogen and oxygen atoms in total. The highest BCUT2D eigenvalue weighted by Crippen LogP contribution is 2.34. The quantitative estimate of drug-likeness (QED) is 0.672. The molecular formula is C13H8BrCl3FN. The maximum atomic E-state index is 14.1. The van der Waals surface area contributed by atoms with E-state index in [0.717, 1.165) is 0 Å². The highest BCUT2D eigenvalue weighted by Gasteiger charge is 2.19. The van der Waals surface area contributed by atoms with Crippen LogP contribution in [0.2, 0.25) is 15.1 Å². The molecular weight excluding hydrogens is 375 g/mol. The van der Waals surface area contributed by atoms with Crippen molar-refractivity contribution in [1.29, 1.82) is 0 Å². The van der Waals surface area contributed by atoms with Crippen LogP contribution in [0.25, 0.3) is 0 Å². The lowest BCUT2D eigenvalue weighted by Crippen LogP contribution is -2.14. The molecule has 0 heterocycles. The lowest BCUT2D eigenvalue weighted by Gasteiger charge is -2.16. The van der Waals surface area contributed by atoms with Crippen LogP contribution in [0, 0.1) is 5.82 Å². The minimum Gasteiger partial charge on any atom is -0.320 e. The second-order valence-electron chi connectivity index (χ2n) is 3.91. The summed E-state index contributed by atoms with van der Waals surface area (Å²) in [6, 6.07) is 7.34.